The zero-order valence-corrected chi connectivity index (χ0v) is 15.1. The van der Waals surface area contributed by atoms with Crippen LogP contribution in [-0.2, 0) is 6.54 Å². The smallest absolute Gasteiger partial charge is 0.258 e. The van der Waals surface area contributed by atoms with Crippen molar-refractivity contribution in [3.05, 3.63) is 82.9 Å². The van der Waals surface area contributed by atoms with Crippen molar-refractivity contribution in [1.82, 2.24) is 10.2 Å². The number of benzene rings is 2. The van der Waals surface area contributed by atoms with Gasteiger partial charge in [-0.15, -0.1) is 10.2 Å². The first kappa shape index (κ1) is 17.9. The normalized spacial score (nSPS) is 10.4. The number of rotatable bonds is 6. The van der Waals surface area contributed by atoms with Gasteiger partial charge in [0.15, 0.2) is 11.6 Å². The first-order chi connectivity index (χ1) is 12.7. The molecule has 1 heterocycles. The summed E-state index contributed by atoms with van der Waals surface area (Å²) in [7, 11) is 0. The summed E-state index contributed by atoms with van der Waals surface area (Å²) in [6.45, 7) is 3.62. The van der Waals surface area contributed by atoms with E-state index in [1.165, 1.54) is 5.56 Å². The zero-order valence-electron chi connectivity index (χ0n) is 14.4. The predicted octanol–water partition coefficient (Wildman–Crippen LogP) is 4.41. The Morgan fingerprint density at radius 1 is 1.00 bits per heavy atom. The van der Waals surface area contributed by atoms with Gasteiger partial charge < -0.3 is 10.2 Å². The number of amides is 1. The fourth-order valence-electron chi connectivity index (χ4n) is 2.55. The first-order valence-corrected chi connectivity index (χ1v) is 8.73. The molecule has 0 aliphatic heterocycles. The second-order valence-corrected chi connectivity index (χ2v) is 6.12. The van der Waals surface area contributed by atoms with Gasteiger partial charge in [-0.2, -0.15) is 0 Å². The molecule has 26 heavy (non-hydrogen) atoms. The molecule has 0 saturated heterocycles. The molecule has 132 valence electrons. The minimum atomic E-state index is -0.311. The Hall–Kier alpha value is -2.92. The number of hydrogen-bond acceptors (Lipinski definition) is 4. The van der Waals surface area contributed by atoms with Gasteiger partial charge in [0.1, 0.15) is 0 Å². The Balaban J connectivity index is 1.69. The van der Waals surface area contributed by atoms with Crippen LogP contribution in [0, 0.1) is 0 Å². The maximum Gasteiger partial charge on any atom is 0.258 e. The van der Waals surface area contributed by atoms with E-state index in [0.717, 1.165) is 18.9 Å². The summed E-state index contributed by atoms with van der Waals surface area (Å²) < 4.78 is 0. The van der Waals surface area contributed by atoms with E-state index in [9.17, 15) is 4.79 Å². The molecular weight excluding hydrogens is 348 g/mol. The highest BCUT2D eigenvalue weighted by Gasteiger charge is 2.12. The molecule has 0 atom stereocenters. The summed E-state index contributed by atoms with van der Waals surface area (Å²) in [4.78, 5) is 14.4. The third-order valence-electron chi connectivity index (χ3n) is 3.93. The van der Waals surface area contributed by atoms with Crippen LogP contribution in [0.4, 0.5) is 11.6 Å². The number of nitrogens with one attached hydrogen (secondary N) is 1. The Morgan fingerprint density at radius 3 is 2.38 bits per heavy atom. The van der Waals surface area contributed by atoms with Gasteiger partial charge in [-0.25, -0.2) is 0 Å². The van der Waals surface area contributed by atoms with E-state index in [1.54, 1.807) is 30.3 Å². The van der Waals surface area contributed by atoms with Crippen LogP contribution in [0.2, 0.25) is 5.02 Å². The standard InChI is InChI=1S/C20H19ClN4O/c1-2-25(14-15-8-4-3-5-9-15)19-13-12-18(23-24-19)22-20(26)16-10-6-7-11-17(16)21/h3-13H,2,14H2,1H3,(H,22,23,26). The molecule has 0 radical (unpaired) electrons. The minimum Gasteiger partial charge on any atom is -0.351 e. The van der Waals surface area contributed by atoms with E-state index in [4.69, 9.17) is 11.6 Å². The maximum absolute atomic E-state index is 12.3. The second kappa shape index (κ2) is 8.45. The highest BCUT2D eigenvalue weighted by molar-refractivity contribution is 6.34. The van der Waals surface area contributed by atoms with Gasteiger partial charge in [-0.05, 0) is 36.8 Å². The minimum absolute atomic E-state index is 0.311. The van der Waals surface area contributed by atoms with Crippen molar-refractivity contribution >= 4 is 29.1 Å². The highest BCUT2D eigenvalue weighted by atomic mass is 35.5. The number of aromatic nitrogens is 2. The van der Waals surface area contributed by atoms with Crippen molar-refractivity contribution < 1.29 is 4.79 Å². The lowest BCUT2D eigenvalue weighted by atomic mass is 10.2. The molecule has 3 rings (SSSR count). The summed E-state index contributed by atoms with van der Waals surface area (Å²) >= 11 is 6.04. The van der Waals surface area contributed by atoms with Gasteiger partial charge in [0.2, 0.25) is 0 Å². The van der Waals surface area contributed by atoms with Crippen LogP contribution in [-0.4, -0.2) is 22.6 Å². The topological polar surface area (TPSA) is 58.1 Å². The fraction of sp³-hybridized carbons (Fsp3) is 0.150. The number of nitrogens with zero attached hydrogens (tertiary/aromatic N) is 3. The van der Waals surface area contributed by atoms with Gasteiger partial charge >= 0.3 is 0 Å². The van der Waals surface area contributed by atoms with Crippen molar-refractivity contribution in [2.75, 3.05) is 16.8 Å². The molecule has 0 spiro atoms. The van der Waals surface area contributed by atoms with Crippen molar-refractivity contribution in [2.45, 2.75) is 13.5 Å². The lowest BCUT2D eigenvalue weighted by Gasteiger charge is -2.21. The molecule has 0 aliphatic carbocycles. The molecule has 2 aromatic carbocycles. The van der Waals surface area contributed by atoms with Gasteiger partial charge in [-0.1, -0.05) is 54.1 Å². The number of carbonyl (C=O) groups excluding carboxylic acids is 1. The molecule has 5 nitrogen and oxygen atoms in total. The lowest BCUT2D eigenvalue weighted by Crippen LogP contribution is -2.23. The van der Waals surface area contributed by atoms with Gasteiger partial charge in [0, 0.05) is 13.1 Å². The quantitative estimate of drug-likeness (QED) is 0.702. The molecule has 0 aliphatic rings. The van der Waals surface area contributed by atoms with Crippen molar-refractivity contribution in [1.29, 1.82) is 0 Å². The van der Waals surface area contributed by atoms with E-state index in [2.05, 4.69) is 39.5 Å². The third kappa shape index (κ3) is 4.37. The molecule has 0 saturated carbocycles. The summed E-state index contributed by atoms with van der Waals surface area (Å²) in [5.41, 5.74) is 1.60. The molecule has 1 amide bonds. The lowest BCUT2D eigenvalue weighted by molar-refractivity contribution is 0.102. The fourth-order valence-corrected chi connectivity index (χ4v) is 2.77. The van der Waals surface area contributed by atoms with Gasteiger partial charge in [0.05, 0.1) is 10.6 Å². The van der Waals surface area contributed by atoms with Crippen LogP contribution in [0.25, 0.3) is 0 Å². The first-order valence-electron chi connectivity index (χ1n) is 8.36. The molecule has 1 aromatic heterocycles. The number of halogens is 1. The summed E-state index contributed by atoms with van der Waals surface area (Å²) in [6, 6.07) is 20.7. The van der Waals surface area contributed by atoms with E-state index in [1.807, 2.05) is 24.3 Å². The Bertz CT molecular complexity index is 868. The number of carbonyl (C=O) groups is 1. The average molecular weight is 367 g/mol. The Kier molecular flexibility index (Phi) is 5.81. The predicted molar refractivity (Wildman–Crippen MR) is 105 cm³/mol. The molecule has 3 aromatic rings. The molecule has 6 heteroatoms. The summed E-state index contributed by atoms with van der Waals surface area (Å²) in [5.74, 6) is 0.829. The average Bonchev–Trinajstić information content (AvgIpc) is 2.68. The Labute approximate surface area is 157 Å². The largest absolute Gasteiger partial charge is 0.351 e. The SMILES string of the molecule is CCN(Cc1ccccc1)c1ccc(NC(=O)c2ccccc2Cl)nn1. The summed E-state index contributed by atoms with van der Waals surface area (Å²) in [5, 5.41) is 11.5. The summed E-state index contributed by atoms with van der Waals surface area (Å²) in [6.07, 6.45) is 0. The number of hydrogen-bond donors (Lipinski definition) is 1. The van der Waals surface area contributed by atoms with E-state index >= 15 is 0 Å². The van der Waals surface area contributed by atoms with Crippen LogP contribution in [0.1, 0.15) is 22.8 Å². The van der Waals surface area contributed by atoms with E-state index < -0.39 is 0 Å². The maximum atomic E-state index is 12.3. The number of anilines is 2. The van der Waals surface area contributed by atoms with Crippen molar-refractivity contribution in [2.24, 2.45) is 0 Å². The molecule has 1 N–H and O–H groups in total. The van der Waals surface area contributed by atoms with Crippen LogP contribution in [0.3, 0.4) is 0 Å². The van der Waals surface area contributed by atoms with Crippen molar-refractivity contribution in [3.8, 4) is 0 Å². The van der Waals surface area contributed by atoms with Crippen LogP contribution < -0.4 is 10.2 Å². The van der Waals surface area contributed by atoms with E-state index in [-0.39, 0.29) is 5.91 Å². The molecule has 0 unspecified atom stereocenters. The monoisotopic (exact) mass is 366 g/mol. The van der Waals surface area contributed by atoms with Crippen LogP contribution >= 0.6 is 11.6 Å². The van der Waals surface area contributed by atoms with Crippen LogP contribution in [0.15, 0.2) is 66.7 Å². The van der Waals surface area contributed by atoms with Crippen LogP contribution in [0.5, 0.6) is 0 Å². The van der Waals surface area contributed by atoms with Gasteiger partial charge in [0.25, 0.3) is 5.91 Å². The second-order valence-electron chi connectivity index (χ2n) is 5.71. The van der Waals surface area contributed by atoms with E-state index in [0.29, 0.717) is 16.4 Å². The molecular formula is C20H19ClN4O. The van der Waals surface area contributed by atoms with Gasteiger partial charge in [-0.3, -0.25) is 4.79 Å². The molecule has 0 bridgehead atoms. The van der Waals surface area contributed by atoms with Crippen molar-refractivity contribution in [3.63, 3.8) is 0 Å². The Morgan fingerprint density at radius 2 is 1.73 bits per heavy atom. The third-order valence-corrected chi connectivity index (χ3v) is 4.26. The zero-order chi connectivity index (χ0) is 18.4. The molecule has 0 fully saturated rings. The highest BCUT2D eigenvalue weighted by Crippen LogP contribution is 2.18.